The van der Waals surface area contributed by atoms with Gasteiger partial charge in [-0.25, -0.2) is 16.8 Å². The van der Waals surface area contributed by atoms with Crippen LogP contribution in [0.15, 0.2) is 152 Å². The summed E-state index contributed by atoms with van der Waals surface area (Å²) in [6.07, 6.45) is 0. The molecular formula is C32H21N5Na2O6S2. The molecule has 0 aliphatic carbocycles. The van der Waals surface area contributed by atoms with Crippen LogP contribution in [0.25, 0.3) is 21.5 Å². The zero-order chi connectivity index (χ0) is 31.6. The molecule has 0 spiro atoms. The topological polar surface area (TPSA) is 176 Å². The summed E-state index contributed by atoms with van der Waals surface area (Å²) in [6.45, 7) is 0. The number of azo groups is 2. The molecule has 0 bridgehead atoms. The molecule has 0 atom stereocenters. The van der Waals surface area contributed by atoms with E-state index < -0.39 is 30.0 Å². The molecule has 47 heavy (non-hydrogen) atoms. The Balaban J connectivity index is 0.00000250. The van der Waals surface area contributed by atoms with E-state index >= 15 is 0 Å². The van der Waals surface area contributed by atoms with Crippen molar-refractivity contribution < 1.29 is 85.1 Å². The van der Waals surface area contributed by atoms with Gasteiger partial charge in [0.05, 0.1) is 32.5 Å². The second-order valence-electron chi connectivity index (χ2n) is 9.76. The molecule has 0 aliphatic heterocycles. The van der Waals surface area contributed by atoms with Crippen molar-refractivity contribution in [1.29, 1.82) is 0 Å². The van der Waals surface area contributed by atoms with Gasteiger partial charge in [-0.3, -0.25) is 0 Å². The minimum absolute atomic E-state index is 0. The van der Waals surface area contributed by atoms with Crippen molar-refractivity contribution in [1.82, 2.24) is 0 Å². The zero-order valence-electron chi connectivity index (χ0n) is 25.1. The van der Waals surface area contributed by atoms with Crippen LogP contribution >= 0.6 is 0 Å². The number of nitrogens with zero attached hydrogens (tertiary/aromatic N) is 4. The van der Waals surface area contributed by atoms with Crippen molar-refractivity contribution in [2.75, 3.05) is 5.32 Å². The third-order valence-corrected chi connectivity index (χ3v) is 8.54. The van der Waals surface area contributed by atoms with Gasteiger partial charge in [0.15, 0.2) is 0 Å². The predicted octanol–water partition coefficient (Wildman–Crippen LogP) is 2.38. The van der Waals surface area contributed by atoms with Crippen LogP contribution in [0, 0.1) is 0 Å². The maximum Gasteiger partial charge on any atom is 1.00 e. The summed E-state index contributed by atoms with van der Waals surface area (Å²) < 4.78 is 72.1. The fraction of sp³-hybridized carbons (Fsp3) is 0. The first kappa shape index (κ1) is 36.5. The van der Waals surface area contributed by atoms with Crippen molar-refractivity contribution in [3.05, 3.63) is 121 Å². The van der Waals surface area contributed by atoms with Crippen LogP contribution in [0.4, 0.5) is 34.1 Å². The van der Waals surface area contributed by atoms with Gasteiger partial charge < -0.3 is 14.4 Å². The van der Waals surface area contributed by atoms with Crippen molar-refractivity contribution in [3.8, 4) is 0 Å². The van der Waals surface area contributed by atoms with Crippen LogP contribution < -0.4 is 64.4 Å². The van der Waals surface area contributed by atoms with Crippen molar-refractivity contribution in [3.63, 3.8) is 0 Å². The quantitative estimate of drug-likeness (QED) is 0.146. The maximum atomic E-state index is 12.2. The fourth-order valence-corrected chi connectivity index (χ4v) is 5.99. The van der Waals surface area contributed by atoms with Gasteiger partial charge >= 0.3 is 59.1 Å². The molecule has 0 radical (unpaired) electrons. The monoisotopic (exact) mass is 681 g/mol. The summed E-state index contributed by atoms with van der Waals surface area (Å²) in [5.74, 6) is 0. The second-order valence-corrected chi connectivity index (χ2v) is 12.5. The first-order chi connectivity index (χ1) is 21.6. The van der Waals surface area contributed by atoms with Crippen molar-refractivity contribution in [2.45, 2.75) is 9.79 Å². The summed E-state index contributed by atoms with van der Waals surface area (Å²) >= 11 is 0. The Morgan fingerprint density at radius 1 is 0.511 bits per heavy atom. The third kappa shape index (κ3) is 8.39. The van der Waals surface area contributed by atoms with Crippen molar-refractivity contribution in [2.24, 2.45) is 20.5 Å². The number of benzene rings is 6. The molecule has 0 unspecified atom stereocenters. The summed E-state index contributed by atoms with van der Waals surface area (Å²) in [6, 6.07) is 32.5. The second kappa shape index (κ2) is 15.3. The van der Waals surface area contributed by atoms with E-state index in [0.717, 1.165) is 0 Å². The van der Waals surface area contributed by atoms with Crippen LogP contribution in [-0.4, -0.2) is 25.9 Å². The van der Waals surface area contributed by atoms with Gasteiger partial charge in [-0.05, 0) is 66.7 Å². The number of rotatable bonds is 8. The zero-order valence-corrected chi connectivity index (χ0v) is 30.7. The van der Waals surface area contributed by atoms with Crippen LogP contribution in [-0.2, 0) is 20.2 Å². The standard InChI is InChI=1S/C32H23N5O6S2.2Na/c38-44(39,40)23-14-15-24-26(20-23)29(35-34-22-10-5-2-6-11-22)17-16-27(24)36-37-28-18-19-30(33-21-8-3-1-4-9-21)32-25(28)12-7-13-31(32)45(41,42)43;;/h1-20,33H,(H,38,39,40)(H,41,42,43);;/q;2*+1/p-2. The van der Waals surface area contributed by atoms with E-state index in [1.165, 1.54) is 30.3 Å². The van der Waals surface area contributed by atoms with Gasteiger partial charge in [-0.15, -0.1) is 15.3 Å². The molecule has 6 rings (SSSR count). The molecule has 0 saturated carbocycles. The molecule has 6 aromatic carbocycles. The van der Waals surface area contributed by atoms with Crippen LogP contribution in [0.3, 0.4) is 0 Å². The smallest absolute Gasteiger partial charge is 0.744 e. The molecule has 0 saturated heterocycles. The average Bonchev–Trinajstić information content (AvgIpc) is 3.03. The Bertz CT molecular complexity index is 2360. The summed E-state index contributed by atoms with van der Waals surface area (Å²) in [4.78, 5) is -0.862. The van der Waals surface area contributed by atoms with Gasteiger partial charge in [0.25, 0.3) is 0 Å². The van der Waals surface area contributed by atoms with Gasteiger partial charge in [0.2, 0.25) is 0 Å². The summed E-state index contributed by atoms with van der Waals surface area (Å²) in [7, 11) is -9.63. The van der Waals surface area contributed by atoms with Gasteiger partial charge in [-0.1, -0.05) is 54.6 Å². The van der Waals surface area contributed by atoms with E-state index in [1.54, 1.807) is 66.7 Å². The van der Waals surface area contributed by atoms with E-state index in [0.29, 0.717) is 44.6 Å². The van der Waals surface area contributed by atoms with Crippen molar-refractivity contribution >= 4 is 75.9 Å². The summed E-state index contributed by atoms with van der Waals surface area (Å²) in [5, 5.41) is 21.7. The summed E-state index contributed by atoms with van der Waals surface area (Å²) in [5.41, 5.74) is 2.51. The van der Waals surface area contributed by atoms with Gasteiger partial charge in [-0.2, -0.15) is 5.11 Å². The van der Waals surface area contributed by atoms with Crippen LogP contribution in [0.1, 0.15) is 0 Å². The van der Waals surface area contributed by atoms with Gasteiger partial charge in [0, 0.05) is 32.9 Å². The molecule has 6 aromatic rings. The number of hydrogen-bond donors (Lipinski definition) is 1. The van der Waals surface area contributed by atoms with E-state index in [4.69, 9.17) is 0 Å². The Morgan fingerprint density at radius 2 is 1.09 bits per heavy atom. The number of hydrogen-bond acceptors (Lipinski definition) is 11. The number of anilines is 2. The third-order valence-electron chi connectivity index (χ3n) is 6.83. The normalized spacial score (nSPS) is 11.9. The van der Waals surface area contributed by atoms with Crippen LogP contribution in [0.2, 0.25) is 0 Å². The molecule has 0 aromatic heterocycles. The Hall–Kier alpha value is -3.34. The average molecular weight is 682 g/mol. The molecular weight excluding hydrogens is 660 g/mol. The van der Waals surface area contributed by atoms with E-state index in [9.17, 15) is 25.9 Å². The van der Waals surface area contributed by atoms with E-state index in [2.05, 4.69) is 25.8 Å². The number of para-hydroxylation sites is 1. The van der Waals surface area contributed by atoms with Gasteiger partial charge in [0.1, 0.15) is 20.2 Å². The first-order valence-electron chi connectivity index (χ1n) is 13.3. The Labute approximate surface area is 314 Å². The maximum absolute atomic E-state index is 12.2. The molecule has 1 N–H and O–H groups in total. The Morgan fingerprint density at radius 3 is 1.72 bits per heavy atom. The minimum Gasteiger partial charge on any atom is -0.744 e. The molecule has 0 aliphatic rings. The molecule has 15 heteroatoms. The number of nitrogens with one attached hydrogen (secondary N) is 1. The molecule has 0 fully saturated rings. The molecule has 11 nitrogen and oxygen atoms in total. The first-order valence-corrected chi connectivity index (χ1v) is 16.1. The molecule has 224 valence electrons. The fourth-order valence-electron chi connectivity index (χ4n) is 4.77. The SMILES string of the molecule is O=S(=O)([O-])c1ccc2c(N=Nc3ccc(Nc4ccccc4)c4c(S(=O)(=O)[O-])cccc34)ccc(N=Nc3ccccc3)c2c1.[Na+].[Na+]. The Kier molecular flexibility index (Phi) is 11.8. The van der Waals surface area contributed by atoms with Crippen LogP contribution in [0.5, 0.6) is 0 Å². The minimum atomic E-state index is -4.86. The molecule has 0 heterocycles. The predicted molar refractivity (Wildman–Crippen MR) is 168 cm³/mol. The largest absolute Gasteiger partial charge is 1.00 e. The van der Waals surface area contributed by atoms with E-state index in [-0.39, 0.29) is 70.2 Å². The number of fused-ring (bicyclic) bond motifs is 2. The molecule has 0 amide bonds. The van der Waals surface area contributed by atoms with E-state index in [1.807, 2.05) is 24.3 Å².